The predicted octanol–water partition coefficient (Wildman–Crippen LogP) is 9.62. The molecule has 0 saturated heterocycles. The van der Waals surface area contributed by atoms with Gasteiger partial charge in [-0.15, -0.1) is 0 Å². The molecular formula is C45H64FeN2P2. The molecule has 2 saturated carbocycles. The van der Waals surface area contributed by atoms with Gasteiger partial charge in [-0.25, -0.2) is 0 Å². The molecule has 2 aliphatic carbocycles. The fourth-order valence-corrected chi connectivity index (χ4v) is 14.9. The molecule has 2 nitrogen and oxygen atoms in total. The molecule has 4 aromatic rings. The van der Waals surface area contributed by atoms with Crippen LogP contribution in [0.25, 0.3) is 0 Å². The Kier molecular flexibility index (Phi) is 19.2. The van der Waals surface area contributed by atoms with Gasteiger partial charge in [-0.05, 0) is 134 Å². The smallest absolute Gasteiger partial charge is 0.358 e. The fourth-order valence-electron chi connectivity index (χ4n) is 8.19. The molecule has 50 heavy (non-hydrogen) atoms. The van der Waals surface area contributed by atoms with E-state index in [-0.39, 0.29) is 47.8 Å². The largest absolute Gasteiger partial charge is 2.00 e. The first-order valence-electron chi connectivity index (χ1n) is 17.9. The van der Waals surface area contributed by atoms with Crippen LogP contribution in [0.3, 0.4) is 0 Å². The van der Waals surface area contributed by atoms with E-state index in [4.69, 9.17) is 0 Å². The molecule has 0 radical (unpaired) electrons. The van der Waals surface area contributed by atoms with Crippen molar-refractivity contribution in [1.82, 2.24) is 9.80 Å². The maximum Gasteiger partial charge on any atom is 2.00 e. The van der Waals surface area contributed by atoms with Crippen LogP contribution in [-0.4, -0.2) is 61.4 Å². The molecule has 0 bridgehead atoms. The average Bonchev–Trinajstić information content (AvgIpc) is 3.73. The van der Waals surface area contributed by atoms with Gasteiger partial charge in [-0.1, -0.05) is 135 Å². The van der Waals surface area contributed by atoms with Crippen molar-refractivity contribution in [3.8, 4) is 0 Å². The van der Waals surface area contributed by atoms with Crippen LogP contribution in [-0.2, 0) is 17.1 Å². The monoisotopic (exact) mass is 750 g/mol. The standard InChI is InChI=1S/C22H30NP.C21H28NP.2CH3.Fe/c1-17-15-16-21(18(2)23(3)4)22(17)24(19-11-7-5-8-12-19)20-13-9-6-10-14-20;1-17(22(2)3)20-15-10-16-21(20)23(18-11-6-4-7-12-18)19-13-8-5-9-14-19;;;/h5-14,17-18,21-22H,15-16H2,1-4H3;4-9,11-14,17,20-21H,10,15-16H2,1-3H3;2*1H3;/q;;2*-1;+2/t17?,18-,21?,22?;17-,20?,21?;;;/m00.../s1. The molecule has 2 fully saturated rings. The number of hydrogen-bond donors (Lipinski definition) is 0. The Morgan fingerprint density at radius 1 is 0.500 bits per heavy atom. The van der Waals surface area contributed by atoms with Crippen LogP contribution in [0.5, 0.6) is 0 Å². The minimum absolute atomic E-state index is 0. The Bertz CT molecular complexity index is 1370. The Balaban J connectivity index is 0.000000327. The zero-order chi connectivity index (χ0) is 33.3. The zero-order valence-electron chi connectivity index (χ0n) is 32.3. The van der Waals surface area contributed by atoms with Crippen LogP contribution in [0.4, 0.5) is 0 Å². The van der Waals surface area contributed by atoms with E-state index in [9.17, 15) is 0 Å². The quantitative estimate of drug-likeness (QED) is 0.0906. The van der Waals surface area contributed by atoms with E-state index in [1.54, 1.807) is 0 Å². The summed E-state index contributed by atoms with van der Waals surface area (Å²) in [6, 6.07) is 46.2. The Morgan fingerprint density at radius 3 is 1.24 bits per heavy atom. The van der Waals surface area contributed by atoms with E-state index in [1.807, 2.05) is 0 Å². The zero-order valence-corrected chi connectivity index (χ0v) is 35.2. The second-order valence-corrected chi connectivity index (χ2v) is 19.2. The van der Waals surface area contributed by atoms with E-state index in [0.29, 0.717) is 12.1 Å². The van der Waals surface area contributed by atoms with E-state index in [2.05, 4.69) is 180 Å². The molecule has 2 aliphatic rings. The molecule has 272 valence electrons. The molecular weight excluding hydrogens is 686 g/mol. The third-order valence-electron chi connectivity index (χ3n) is 11.1. The summed E-state index contributed by atoms with van der Waals surface area (Å²) in [4.78, 5) is 4.83. The van der Waals surface area contributed by atoms with Crippen LogP contribution in [0.15, 0.2) is 121 Å². The van der Waals surface area contributed by atoms with E-state index < -0.39 is 0 Å². The summed E-state index contributed by atoms with van der Waals surface area (Å²) >= 11 is 0. The molecule has 0 aliphatic heterocycles. The molecule has 6 rings (SSSR count). The summed E-state index contributed by atoms with van der Waals surface area (Å²) in [5.74, 6) is 2.38. The second-order valence-electron chi connectivity index (χ2n) is 14.4. The van der Waals surface area contributed by atoms with Crippen molar-refractivity contribution in [1.29, 1.82) is 0 Å². The van der Waals surface area contributed by atoms with Crippen LogP contribution in [0.2, 0.25) is 0 Å². The van der Waals surface area contributed by atoms with Gasteiger partial charge in [0.2, 0.25) is 0 Å². The second kappa shape index (κ2) is 21.6. The molecule has 7 atom stereocenters. The predicted molar refractivity (Wildman–Crippen MR) is 224 cm³/mol. The van der Waals surface area contributed by atoms with Gasteiger partial charge in [0.1, 0.15) is 0 Å². The molecule has 0 spiro atoms. The molecule has 0 aromatic heterocycles. The average molecular weight is 751 g/mol. The van der Waals surface area contributed by atoms with Gasteiger partial charge in [-0.3, -0.25) is 0 Å². The normalized spacial score (nSPS) is 22.6. The minimum atomic E-state index is -0.315. The first kappa shape index (κ1) is 44.3. The van der Waals surface area contributed by atoms with Crippen molar-refractivity contribution in [3.05, 3.63) is 136 Å². The first-order chi connectivity index (χ1) is 22.8. The number of nitrogens with zero attached hydrogens (tertiary/aromatic N) is 2. The van der Waals surface area contributed by atoms with Crippen molar-refractivity contribution in [2.45, 2.75) is 76.3 Å². The van der Waals surface area contributed by atoms with Crippen molar-refractivity contribution < 1.29 is 17.1 Å². The van der Waals surface area contributed by atoms with Crippen molar-refractivity contribution in [3.63, 3.8) is 0 Å². The van der Waals surface area contributed by atoms with Crippen LogP contribution >= 0.6 is 15.8 Å². The summed E-state index contributed by atoms with van der Waals surface area (Å²) in [5.41, 5.74) is 1.56. The summed E-state index contributed by atoms with van der Waals surface area (Å²) in [7, 11) is 8.34. The van der Waals surface area contributed by atoms with Crippen LogP contribution < -0.4 is 21.2 Å². The Labute approximate surface area is 320 Å². The van der Waals surface area contributed by atoms with Gasteiger partial charge >= 0.3 is 17.1 Å². The third kappa shape index (κ3) is 10.9. The van der Waals surface area contributed by atoms with Crippen molar-refractivity contribution in [2.75, 3.05) is 28.2 Å². The molecule has 5 heteroatoms. The number of rotatable bonds is 10. The molecule has 4 aromatic carbocycles. The van der Waals surface area contributed by atoms with Gasteiger partial charge in [0.05, 0.1) is 0 Å². The SMILES string of the molecule is CC1CCC([C@H](C)N(C)C)C1P(c1ccccc1)c1ccccc1.C[C@@H](C1CCCC1P(c1ccccc1)c1ccccc1)N(C)C.[CH3-].[CH3-].[Fe+2]. The molecule has 0 N–H and O–H groups in total. The fraction of sp³-hybridized carbons (Fsp3) is 0.422. The summed E-state index contributed by atoms with van der Waals surface area (Å²) in [5, 5.41) is 6.15. The molecule has 0 amide bonds. The topological polar surface area (TPSA) is 6.48 Å². The summed E-state index contributed by atoms with van der Waals surface area (Å²) in [6.45, 7) is 7.31. The van der Waals surface area contributed by atoms with Gasteiger partial charge in [0.15, 0.2) is 0 Å². The molecule has 5 unspecified atom stereocenters. The van der Waals surface area contributed by atoms with Gasteiger partial charge < -0.3 is 24.7 Å². The van der Waals surface area contributed by atoms with Crippen LogP contribution in [0, 0.1) is 32.6 Å². The van der Waals surface area contributed by atoms with Crippen molar-refractivity contribution >= 4 is 37.1 Å². The third-order valence-corrected chi connectivity index (χ3v) is 17.4. The maximum atomic E-state index is 2.48. The Morgan fingerprint density at radius 2 is 0.860 bits per heavy atom. The van der Waals surface area contributed by atoms with E-state index >= 15 is 0 Å². The number of benzene rings is 4. The summed E-state index contributed by atoms with van der Waals surface area (Å²) < 4.78 is 0. The van der Waals surface area contributed by atoms with E-state index in [1.165, 1.54) is 53.3 Å². The van der Waals surface area contributed by atoms with Gasteiger partial charge in [0, 0.05) is 12.1 Å². The first-order valence-corrected chi connectivity index (χ1v) is 20.7. The van der Waals surface area contributed by atoms with Gasteiger partial charge in [0.25, 0.3) is 0 Å². The summed E-state index contributed by atoms with van der Waals surface area (Å²) in [6.07, 6.45) is 6.86. The molecule has 0 heterocycles. The Hall–Kier alpha value is -1.82. The van der Waals surface area contributed by atoms with Gasteiger partial charge in [-0.2, -0.15) is 0 Å². The van der Waals surface area contributed by atoms with E-state index in [0.717, 1.165) is 29.1 Å². The van der Waals surface area contributed by atoms with Crippen LogP contribution in [0.1, 0.15) is 52.9 Å². The van der Waals surface area contributed by atoms with Crippen molar-refractivity contribution in [2.24, 2.45) is 17.8 Å². The maximum absolute atomic E-state index is 2.48. The number of hydrogen-bond acceptors (Lipinski definition) is 2. The minimum Gasteiger partial charge on any atom is -0.358 e.